The Morgan fingerprint density at radius 2 is 0.776 bits per heavy atom. The van der Waals surface area contributed by atoms with Crippen LogP contribution in [0.5, 0.6) is 23.0 Å². The van der Waals surface area contributed by atoms with Crippen LogP contribution in [-0.2, 0) is 0 Å². The molecule has 4 nitrogen and oxygen atoms in total. The molecule has 0 fully saturated rings. The van der Waals surface area contributed by atoms with Crippen molar-refractivity contribution in [3.8, 4) is 45.3 Å². The predicted molar refractivity (Wildman–Crippen MR) is 239 cm³/mol. The molecule has 0 amide bonds. The molecule has 0 unspecified atom stereocenters. The fourth-order valence-corrected chi connectivity index (χ4v) is 8.93. The van der Waals surface area contributed by atoms with Crippen molar-refractivity contribution in [2.75, 3.05) is 9.80 Å². The van der Waals surface area contributed by atoms with Gasteiger partial charge in [0.1, 0.15) is 5.69 Å². The third kappa shape index (κ3) is 5.09. The zero-order valence-corrected chi connectivity index (χ0v) is 31.3. The number of anilines is 6. The van der Waals surface area contributed by atoms with Crippen LogP contribution in [0.2, 0.25) is 0 Å². The highest BCUT2D eigenvalue weighted by Crippen LogP contribution is 2.60. The van der Waals surface area contributed by atoms with Gasteiger partial charge < -0.3 is 14.4 Å². The van der Waals surface area contributed by atoms with E-state index in [9.17, 15) is 0 Å². The van der Waals surface area contributed by atoms with Crippen LogP contribution in [0.25, 0.3) is 54.6 Å². The fraction of sp³-hybridized carbons (Fsp3) is 0. The molecule has 58 heavy (non-hydrogen) atoms. The van der Waals surface area contributed by atoms with Crippen LogP contribution >= 0.6 is 0 Å². The van der Waals surface area contributed by atoms with E-state index >= 15 is 0 Å². The number of benzene rings is 10. The van der Waals surface area contributed by atoms with Gasteiger partial charge in [0.15, 0.2) is 23.0 Å². The Hall–Kier alpha value is -7.82. The molecule has 10 aromatic rings. The van der Waals surface area contributed by atoms with Gasteiger partial charge in [-0.25, -0.2) is 0 Å². The summed E-state index contributed by atoms with van der Waals surface area (Å²) in [6.45, 7) is 0. The first-order chi connectivity index (χ1) is 28.7. The lowest BCUT2D eigenvalue weighted by molar-refractivity contribution is 0.446. The summed E-state index contributed by atoms with van der Waals surface area (Å²) in [5.74, 6) is 3.14. The smallest absolute Gasteiger partial charge is 0.156 e. The van der Waals surface area contributed by atoms with E-state index in [1.807, 2.05) is 36.4 Å². The zero-order chi connectivity index (χ0) is 38.2. The topological polar surface area (TPSA) is 24.9 Å². The number of ether oxygens (including phenoxy) is 2. The van der Waals surface area contributed by atoms with E-state index in [1.54, 1.807) is 0 Å². The first kappa shape index (κ1) is 32.4. The Morgan fingerprint density at radius 3 is 1.41 bits per heavy atom. The number of rotatable bonds is 5. The molecule has 0 saturated heterocycles. The predicted octanol–water partition coefficient (Wildman–Crippen LogP) is 15.6. The first-order valence-electron chi connectivity index (χ1n) is 19.7. The summed E-state index contributed by atoms with van der Waals surface area (Å²) >= 11 is 0. The van der Waals surface area contributed by atoms with E-state index in [0.717, 1.165) is 68.2 Å². The van der Waals surface area contributed by atoms with Crippen LogP contribution < -0.4 is 19.3 Å². The maximum atomic E-state index is 6.64. The van der Waals surface area contributed by atoms with E-state index < -0.39 is 0 Å². The highest BCUT2D eigenvalue weighted by molar-refractivity contribution is 6.25. The molecule has 0 spiro atoms. The molecular weight excluding hydrogens is 709 g/mol. The van der Waals surface area contributed by atoms with Gasteiger partial charge in [-0.15, -0.1) is 0 Å². The lowest BCUT2D eigenvalue weighted by atomic mass is 9.94. The minimum atomic E-state index is 0.757. The van der Waals surface area contributed by atoms with Crippen molar-refractivity contribution in [3.63, 3.8) is 0 Å². The Balaban J connectivity index is 1.03. The van der Waals surface area contributed by atoms with E-state index in [1.165, 1.54) is 43.4 Å². The molecule has 2 aliphatic heterocycles. The van der Waals surface area contributed by atoms with Gasteiger partial charge in [-0.1, -0.05) is 133 Å². The first-order valence-corrected chi connectivity index (χ1v) is 19.7. The standard InChI is InChI=1S/C54H34N2O2/c1-2-13-35(14-3-1)36-25-27-39(28-26-36)55(41-29-30-46-44-19-5-4-17-42(44)43-18-6-7-20-45(43)47(46)34-41)40-16-12-15-37(31-40)38-32-52-54-53(33-38)58-51-24-11-9-22-49(51)56(54)48-21-8-10-23-50(48)57-52/h1-34H. The molecule has 2 heterocycles. The normalized spacial score (nSPS) is 12.4. The summed E-state index contributed by atoms with van der Waals surface area (Å²) in [7, 11) is 0. The molecule has 0 N–H and O–H groups in total. The van der Waals surface area contributed by atoms with Crippen molar-refractivity contribution in [2.45, 2.75) is 0 Å². The van der Waals surface area contributed by atoms with Crippen molar-refractivity contribution in [1.82, 2.24) is 0 Å². The SMILES string of the molecule is c1ccc(-c2ccc(N(c3cccc(-c4cc5c6c(c4)Oc4ccccc4N6c4ccccc4O5)c3)c3ccc4c5ccccc5c5ccccc5c4c3)cc2)cc1. The summed E-state index contributed by atoms with van der Waals surface area (Å²) < 4.78 is 13.3. The van der Waals surface area contributed by atoms with Crippen molar-refractivity contribution in [3.05, 3.63) is 206 Å². The molecule has 0 bridgehead atoms. The van der Waals surface area contributed by atoms with Gasteiger partial charge >= 0.3 is 0 Å². The molecule has 4 heteroatoms. The zero-order valence-electron chi connectivity index (χ0n) is 31.3. The lowest BCUT2D eigenvalue weighted by Gasteiger charge is -2.38. The van der Waals surface area contributed by atoms with Gasteiger partial charge in [-0.2, -0.15) is 0 Å². The molecule has 0 radical (unpaired) electrons. The second-order valence-electron chi connectivity index (χ2n) is 14.9. The maximum absolute atomic E-state index is 6.64. The number of fused-ring (bicyclic) bond motifs is 10. The Kier molecular flexibility index (Phi) is 7.20. The van der Waals surface area contributed by atoms with Gasteiger partial charge in [-0.05, 0) is 127 Å². The van der Waals surface area contributed by atoms with E-state index in [2.05, 4.69) is 180 Å². The van der Waals surface area contributed by atoms with Crippen LogP contribution in [0.15, 0.2) is 206 Å². The molecular formula is C54H34N2O2. The Labute approximate surface area is 336 Å². The van der Waals surface area contributed by atoms with Crippen molar-refractivity contribution in [1.29, 1.82) is 0 Å². The second-order valence-corrected chi connectivity index (χ2v) is 14.9. The van der Waals surface area contributed by atoms with Crippen molar-refractivity contribution >= 4 is 66.4 Å². The second kappa shape index (κ2) is 12.9. The van der Waals surface area contributed by atoms with Gasteiger partial charge in [0.05, 0.1) is 11.4 Å². The summed E-state index contributed by atoms with van der Waals surface area (Å²) in [5, 5.41) is 7.49. The molecule has 2 aliphatic rings. The molecule has 0 saturated carbocycles. The summed E-state index contributed by atoms with van der Waals surface area (Å²) in [4.78, 5) is 4.63. The van der Waals surface area contributed by atoms with Gasteiger partial charge in [-0.3, -0.25) is 4.90 Å². The average molecular weight is 743 g/mol. The van der Waals surface area contributed by atoms with E-state index in [-0.39, 0.29) is 0 Å². The fourth-order valence-electron chi connectivity index (χ4n) is 8.93. The van der Waals surface area contributed by atoms with E-state index in [4.69, 9.17) is 9.47 Å². The minimum Gasteiger partial charge on any atom is -0.453 e. The number of hydrogen-bond donors (Lipinski definition) is 0. The van der Waals surface area contributed by atoms with Gasteiger partial charge in [0, 0.05) is 17.1 Å². The van der Waals surface area contributed by atoms with Crippen LogP contribution in [0.4, 0.5) is 34.1 Å². The van der Waals surface area contributed by atoms with Crippen molar-refractivity contribution < 1.29 is 9.47 Å². The quantitative estimate of drug-likeness (QED) is 0.164. The summed E-state index contributed by atoms with van der Waals surface area (Å²) in [5.41, 5.74) is 10.5. The summed E-state index contributed by atoms with van der Waals surface area (Å²) in [6.07, 6.45) is 0. The third-order valence-electron chi connectivity index (χ3n) is 11.6. The van der Waals surface area contributed by atoms with Crippen molar-refractivity contribution in [2.24, 2.45) is 0 Å². The number of nitrogens with zero attached hydrogens (tertiary/aromatic N) is 2. The summed E-state index contributed by atoms with van der Waals surface area (Å²) in [6, 6.07) is 73.3. The van der Waals surface area contributed by atoms with Gasteiger partial charge in [0.2, 0.25) is 0 Å². The Bertz CT molecular complexity index is 3140. The highest BCUT2D eigenvalue weighted by Gasteiger charge is 2.35. The average Bonchev–Trinajstić information content (AvgIpc) is 3.29. The Morgan fingerprint density at radius 1 is 0.293 bits per heavy atom. The maximum Gasteiger partial charge on any atom is 0.156 e. The lowest BCUT2D eigenvalue weighted by Crippen LogP contribution is -2.20. The molecule has 0 aromatic heterocycles. The van der Waals surface area contributed by atoms with E-state index in [0.29, 0.717) is 0 Å². The van der Waals surface area contributed by atoms with Crippen LogP contribution in [0.3, 0.4) is 0 Å². The van der Waals surface area contributed by atoms with Crippen LogP contribution in [-0.4, -0.2) is 0 Å². The van der Waals surface area contributed by atoms with Crippen LogP contribution in [0.1, 0.15) is 0 Å². The monoisotopic (exact) mass is 742 g/mol. The molecule has 0 atom stereocenters. The highest BCUT2D eigenvalue weighted by atomic mass is 16.5. The van der Waals surface area contributed by atoms with Gasteiger partial charge in [0.25, 0.3) is 0 Å². The molecule has 10 aromatic carbocycles. The minimum absolute atomic E-state index is 0.757. The third-order valence-corrected chi connectivity index (χ3v) is 11.6. The molecule has 272 valence electrons. The van der Waals surface area contributed by atoms with Crippen LogP contribution in [0, 0.1) is 0 Å². The number of para-hydroxylation sites is 4. The molecule has 0 aliphatic carbocycles. The number of hydrogen-bond acceptors (Lipinski definition) is 4. The molecule has 12 rings (SSSR count). The largest absolute Gasteiger partial charge is 0.453 e.